The van der Waals surface area contributed by atoms with E-state index < -0.39 is 0 Å². The highest BCUT2D eigenvalue weighted by molar-refractivity contribution is 5.93. The summed E-state index contributed by atoms with van der Waals surface area (Å²) >= 11 is 0. The molecule has 3 aromatic heterocycles. The van der Waals surface area contributed by atoms with Gasteiger partial charge in [0.05, 0.1) is 17.7 Å². The van der Waals surface area contributed by atoms with Gasteiger partial charge in [-0.25, -0.2) is 4.98 Å². The molecule has 4 rings (SSSR count). The smallest absolute Gasteiger partial charge is 0.294 e. The standard InChI is InChI=1S/C20H21N5O3/c1-12-7-15(13(2)28-12)17-11-25-10-16(22-18(25)20(27)23(17)3)19(26)24-6-4-5-14(8-21)9-24/h7,10-11,14H,4-6,9H2,1-3H3. The molecule has 1 aliphatic rings. The normalized spacial score (nSPS) is 17.1. The summed E-state index contributed by atoms with van der Waals surface area (Å²) in [4.78, 5) is 31.6. The van der Waals surface area contributed by atoms with Gasteiger partial charge in [0.2, 0.25) is 5.65 Å². The largest absolute Gasteiger partial charge is 0.466 e. The molecule has 0 radical (unpaired) electrons. The molecule has 3 aromatic rings. The van der Waals surface area contributed by atoms with E-state index in [1.54, 1.807) is 28.7 Å². The third-order valence-electron chi connectivity index (χ3n) is 5.28. The molecular weight excluding hydrogens is 358 g/mol. The zero-order valence-electron chi connectivity index (χ0n) is 16.1. The van der Waals surface area contributed by atoms with Crippen LogP contribution in [0.3, 0.4) is 0 Å². The minimum Gasteiger partial charge on any atom is -0.466 e. The van der Waals surface area contributed by atoms with Crippen LogP contribution in [-0.2, 0) is 7.05 Å². The van der Waals surface area contributed by atoms with Crippen molar-refractivity contribution in [3.8, 4) is 17.3 Å². The number of amides is 1. The summed E-state index contributed by atoms with van der Waals surface area (Å²) in [6.45, 7) is 4.71. The summed E-state index contributed by atoms with van der Waals surface area (Å²) in [6.07, 6.45) is 4.97. The first-order valence-electron chi connectivity index (χ1n) is 9.24. The number of hydrogen-bond donors (Lipinski definition) is 0. The van der Waals surface area contributed by atoms with Gasteiger partial charge in [-0.05, 0) is 32.8 Å². The van der Waals surface area contributed by atoms with Crippen molar-refractivity contribution in [2.24, 2.45) is 13.0 Å². The summed E-state index contributed by atoms with van der Waals surface area (Å²) in [5.41, 5.74) is 1.64. The minimum absolute atomic E-state index is 0.151. The predicted octanol–water partition coefficient (Wildman–Crippen LogP) is 2.29. The Hall–Kier alpha value is -3.34. The van der Waals surface area contributed by atoms with Crippen LogP contribution in [0.5, 0.6) is 0 Å². The fourth-order valence-electron chi connectivity index (χ4n) is 3.80. The zero-order chi connectivity index (χ0) is 20.0. The second kappa shape index (κ2) is 6.68. The van der Waals surface area contributed by atoms with E-state index in [1.165, 1.54) is 4.57 Å². The van der Waals surface area contributed by atoms with Crippen LogP contribution in [0, 0.1) is 31.1 Å². The summed E-state index contributed by atoms with van der Waals surface area (Å²) < 4.78 is 8.70. The molecule has 28 heavy (non-hydrogen) atoms. The Bertz CT molecular complexity index is 1180. The average Bonchev–Trinajstić information content (AvgIpc) is 3.26. The number of nitriles is 1. The Labute approximate surface area is 161 Å². The van der Waals surface area contributed by atoms with E-state index in [0.29, 0.717) is 18.8 Å². The van der Waals surface area contributed by atoms with E-state index in [1.807, 2.05) is 19.9 Å². The topological polar surface area (TPSA) is 96.5 Å². The first kappa shape index (κ1) is 18.0. The van der Waals surface area contributed by atoms with Gasteiger partial charge in [-0.1, -0.05) is 0 Å². The number of nitrogens with zero attached hydrogens (tertiary/aromatic N) is 5. The van der Waals surface area contributed by atoms with Crippen LogP contribution in [-0.4, -0.2) is 37.8 Å². The van der Waals surface area contributed by atoms with Crippen LogP contribution >= 0.6 is 0 Å². The molecule has 0 aromatic carbocycles. The lowest BCUT2D eigenvalue weighted by Crippen LogP contribution is -2.39. The molecule has 0 N–H and O–H groups in total. The van der Waals surface area contributed by atoms with Crippen LogP contribution in [0.15, 0.2) is 27.7 Å². The Morgan fingerprint density at radius 1 is 1.36 bits per heavy atom. The molecule has 0 bridgehead atoms. The van der Waals surface area contributed by atoms with Crippen molar-refractivity contribution in [1.29, 1.82) is 5.26 Å². The van der Waals surface area contributed by atoms with Crippen molar-refractivity contribution in [2.75, 3.05) is 13.1 Å². The quantitative estimate of drug-likeness (QED) is 0.681. The molecular formula is C20H21N5O3. The lowest BCUT2D eigenvalue weighted by molar-refractivity contribution is 0.0693. The molecule has 8 heteroatoms. The van der Waals surface area contributed by atoms with Gasteiger partial charge in [0.1, 0.15) is 17.2 Å². The van der Waals surface area contributed by atoms with Crippen LogP contribution in [0.2, 0.25) is 0 Å². The summed E-state index contributed by atoms with van der Waals surface area (Å²) in [6, 6.07) is 4.12. The highest BCUT2D eigenvalue weighted by atomic mass is 16.3. The molecule has 1 unspecified atom stereocenters. The number of aryl methyl sites for hydroxylation is 2. The molecule has 1 fully saturated rings. The number of piperidine rings is 1. The van der Waals surface area contributed by atoms with Gasteiger partial charge in [-0.2, -0.15) is 5.26 Å². The van der Waals surface area contributed by atoms with Gasteiger partial charge in [-0.15, -0.1) is 0 Å². The van der Waals surface area contributed by atoms with E-state index >= 15 is 0 Å². The van der Waals surface area contributed by atoms with Crippen molar-refractivity contribution in [1.82, 2.24) is 18.9 Å². The molecule has 1 aliphatic heterocycles. The number of imidazole rings is 1. The van der Waals surface area contributed by atoms with E-state index in [-0.39, 0.29) is 28.7 Å². The monoisotopic (exact) mass is 379 g/mol. The maximum Gasteiger partial charge on any atom is 0.294 e. The number of aromatic nitrogens is 3. The Kier molecular flexibility index (Phi) is 4.30. The Morgan fingerprint density at radius 3 is 2.82 bits per heavy atom. The molecule has 4 heterocycles. The van der Waals surface area contributed by atoms with Crippen molar-refractivity contribution in [3.63, 3.8) is 0 Å². The van der Waals surface area contributed by atoms with Crippen LogP contribution < -0.4 is 5.56 Å². The minimum atomic E-state index is -0.289. The number of furan rings is 1. The Balaban J connectivity index is 1.76. The Morgan fingerprint density at radius 2 is 2.14 bits per heavy atom. The second-order valence-electron chi connectivity index (χ2n) is 7.28. The SMILES string of the molecule is Cc1cc(-c2cn3cc(C(=O)N4CCCC(C#N)C4)nc3c(=O)n2C)c(C)o1. The first-order chi connectivity index (χ1) is 13.4. The van der Waals surface area contributed by atoms with Crippen molar-refractivity contribution in [2.45, 2.75) is 26.7 Å². The lowest BCUT2D eigenvalue weighted by atomic mass is 9.99. The van der Waals surface area contributed by atoms with Gasteiger partial charge in [0.25, 0.3) is 11.5 Å². The summed E-state index contributed by atoms with van der Waals surface area (Å²) in [5, 5.41) is 9.15. The molecule has 1 amide bonds. The average molecular weight is 379 g/mol. The highest BCUT2D eigenvalue weighted by Crippen LogP contribution is 2.26. The third kappa shape index (κ3) is 2.89. The van der Waals surface area contributed by atoms with E-state index in [4.69, 9.17) is 9.68 Å². The van der Waals surface area contributed by atoms with Gasteiger partial charge >= 0.3 is 0 Å². The number of carbonyl (C=O) groups is 1. The molecule has 1 saturated heterocycles. The van der Waals surface area contributed by atoms with Crippen LogP contribution in [0.4, 0.5) is 0 Å². The fourth-order valence-corrected chi connectivity index (χ4v) is 3.80. The van der Waals surface area contributed by atoms with E-state index in [2.05, 4.69) is 11.1 Å². The van der Waals surface area contributed by atoms with Crippen LogP contribution in [0.1, 0.15) is 34.9 Å². The molecule has 0 spiro atoms. The fraction of sp³-hybridized carbons (Fsp3) is 0.400. The van der Waals surface area contributed by atoms with Crippen molar-refractivity contribution in [3.05, 3.63) is 46.0 Å². The van der Waals surface area contributed by atoms with Crippen LogP contribution in [0.25, 0.3) is 16.9 Å². The second-order valence-corrected chi connectivity index (χ2v) is 7.28. The number of fused-ring (bicyclic) bond motifs is 1. The lowest BCUT2D eigenvalue weighted by Gasteiger charge is -2.28. The first-order valence-corrected chi connectivity index (χ1v) is 9.24. The van der Waals surface area contributed by atoms with Gasteiger partial charge < -0.3 is 13.9 Å². The van der Waals surface area contributed by atoms with E-state index in [0.717, 1.165) is 29.9 Å². The van der Waals surface area contributed by atoms with E-state index in [9.17, 15) is 9.59 Å². The molecule has 0 aliphatic carbocycles. The number of rotatable bonds is 2. The zero-order valence-corrected chi connectivity index (χ0v) is 16.1. The number of hydrogen-bond acceptors (Lipinski definition) is 5. The molecule has 8 nitrogen and oxygen atoms in total. The highest BCUT2D eigenvalue weighted by Gasteiger charge is 2.26. The van der Waals surface area contributed by atoms with Gasteiger partial charge in [0.15, 0.2) is 0 Å². The van der Waals surface area contributed by atoms with Gasteiger partial charge in [-0.3, -0.25) is 14.0 Å². The molecule has 1 atom stereocenters. The molecule has 0 saturated carbocycles. The summed E-state index contributed by atoms with van der Waals surface area (Å²) in [5.74, 6) is 1.09. The summed E-state index contributed by atoms with van der Waals surface area (Å²) in [7, 11) is 1.68. The number of likely N-dealkylation sites (tertiary alicyclic amines) is 1. The van der Waals surface area contributed by atoms with Gasteiger partial charge in [0, 0.05) is 38.1 Å². The van der Waals surface area contributed by atoms with Crippen molar-refractivity contribution < 1.29 is 9.21 Å². The van der Waals surface area contributed by atoms with Crippen molar-refractivity contribution >= 4 is 11.6 Å². The third-order valence-corrected chi connectivity index (χ3v) is 5.28. The maximum absolute atomic E-state index is 12.9. The maximum atomic E-state index is 12.9. The number of carbonyl (C=O) groups excluding carboxylic acids is 1. The molecule has 144 valence electrons. The predicted molar refractivity (Wildman–Crippen MR) is 102 cm³/mol.